The molecule has 27 heteroatoms. The van der Waals surface area contributed by atoms with Gasteiger partial charge in [-0.3, -0.25) is 18.2 Å². The van der Waals surface area contributed by atoms with Gasteiger partial charge in [-0.2, -0.15) is 58.9 Å². The highest BCUT2D eigenvalue weighted by Crippen LogP contribution is 2.38. The van der Waals surface area contributed by atoms with Gasteiger partial charge in [0.05, 0.1) is 34.0 Å². The third kappa shape index (κ3) is 10.4. The standard InChI is InChI=1S/C30H26ClN9O13S4/c1-16-12-22(25(53-3)15-21(16)37-39-24-14-20(55(44,45)46)9-11-27(24)57(50,51)52)38-36-17-4-6-18(7-5-17)40(2)30-34-28(31)33-29(35-30)32-23-13-19(54(41,42)43)8-10-26(23)56(47,48)49/h4-15H,1-3H3,(H,41,42,43)(H,44,45,46)(H,47,48,49)(H,50,51,52)(H,32,33,34,35). The Kier molecular flexibility index (Phi) is 12.0. The van der Waals surface area contributed by atoms with Crippen molar-refractivity contribution in [3.05, 3.63) is 83.6 Å². The van der Waals surface area contributed by atoms with Crippen molar-refractivity contribution in [3.63, 3.8) is 0 Å². The lowest BCUT2D eigenvalue weighted by Crippen LogP contribution is -2.15. The number of halogens is 1. The molecule has 22 nitrogen and oxygen atoms in total. The van der Waals surface area contributed by atoms with Crippen molar-refractivity contribution < 1.29 is 56.6 Å². The van der Waals surface area contributed by atoms with Gasteiger partial charge in [0.2, 0.25) is 17.2 Å². The molecule has 0 bridgehead atoms. The number of benzene rings is 4. The van der Waals surface area contributed by atoms with E-state index in [-0.39, 0.29) is 34.3 Å². The first-order chi connectivity index (χ1) is 26.4. The Hall–Kier alpha value is -5.58. The summed E-state index contributed by atoms with van der Waals surface area (Å²) in [5.74, 6) is -0.268. The average Bonchev–Trinajstić information content (AvgIpc) is 3.11. The zero-order chi connectivity index (χ0) is 42.1. The number of azo groups is 2. The Morgan fingerprint density at radius 1 is 0.649 bits per heavy atom. The Morgan fingerprint density at radius 2 is 1.21 bits per heavy atom. The highest BCUT2D eigenvalue weighted by Gasteiger charge is 2.23. The van der Waals surface area contributed by atoms with Crippen molar-refractivity contribution in [2.45, 2.75) is 26.5 Å². The first-order valence-corrected chi connectivity index (χ1v) is 21.3. The SMILES string of the molecule is COc1cc(N=Nc2cc(S(=O)(=O)O)ccc2S(=O)(=O)O)c(C)cc1N=Nc1ccc(N(C)c2nc(Cl)nc(Nc3cc(S(=O)(=O)O)ccc3S(=O)(=O)O)n2)cc1. The second kappa shape index (κ2) is 16.1. The molecule has 0 radical (unpaired) electrons. The summed E-state index contributed by atoms with van der Waals surface area (Å²) in [5, 5.41) is 18.3. The molecule has 57 heavy (non-hydrogen) atoms. The summed E-state index contributed by atoms with van der Waals surface area (Å²) < 4.78 is 137. The number of hydrogen-bond donors (Lipinski definition) is 5. The molecule has 0 aliphatic rings. The first-order valence-electron chi connectivity index (χ1n) is 15.2. The van der Waals surface area contributed by atoms with E-state index in [9.17, 15) is 51.9 Å². The fourth-order valence-corrected chi connectivity index (χ4v) is 7.10. The van der Waals surface area contributed by atoms with Crippen LogP contribution >= 0.6 is 11.6 Å². The van der Waals surface area contributed by atoms with Crippen LogP contribution in [0.15, 0.2) is 113 Å². The van der Waals surface area contributed by atoms with Crippen molar-refractivity contribution >= 4 is 98.1 Å². The minimum atomic E-state index is -4.88. The summed E-state index contributed by atoms with van der Waals surface area (Å²) in [6, 6.07) is 13.8. The van der Waals surface area contributed by atoms with Crippen molar-refractivity contribution in [3.8, 4) is 5.75 Å². The largest absolute Gasteiger partial charge is 0.494 e. The zero-order valence-electron chi connectivity index (χ0n) is 29.0. The summed E-state index contributed by atoms with van der Waals surface area (Å²) in [4.78, 5) is 10.7. The summed E-state index contributed by atoms with van der Waals surface area (Å²) in [6.07, 6.45) is 0. The van der Waals surface area contributed by atoms with Gasteiger partial charge in [0, 0.05) is 18.8 Å². The Labute approximate surface area is 329 Å². The lowest BCUT2D eigenvalue weighted by Gasteiger charge is -2.18. The maximum atomic E-state index is 11.9. The van der Waals surface area contributed by atoms with Crippen LogP contribution < -0.4 is 15.0 Å². The topological polar surface area (TPSA) is 330 Å². The number of nitrogens with zero attached hydrogens (tertiary/aromatic N) is 8. The molecule has 4 aromatic carbocycles. The maximum absolute atomic E-state index is 11.9. The van der Waals surface area contributed by atoms with E-state index in [2.05, 4.69) is 40.7 Å². The molecular weight excluding hydrogens is 858 g/mol. The normalized spacial score (nSPS) is 12.6. The minimum Gasteiger partial charge on any atom is -0.494 e. The molecule has 1 aromatic heterocycles. The van der Waals surface area contributed by atoms with E-state index in [0.717, 1.165) is 36.4 Å². The Bertz CT molecular complexity index is 2920. The van der Waals surface area contributed by atoms with Gasteiger partial charge in [0.25, 0.3) is 40.5 Å². The first kappa shape index (κ1) is 42.6. The number of hydrogen-bond acceptors (Lipinski definition) is 18. The van der Waals surface area contributed by atoms with Gasteiger partial charge in [0.1, 0.15) is 26.9 Å². The van der Waals surface area contributed by atoms with Crippen LogP contribution in [0.4, 0.5) is 46.0 Å². The van der Waals surface area contributed by atoms with Gasteiger partial charge in [-0.05, 0) is 90.8 Å². The third-order valence-electron chi connectivity index (χ3n) is 7.45. The van der Waals surface area contributed by atoms with Crippen LogP contribution in [0.2, 0.25) is 5.28 Å². The van der Waals surface area contributed by atoms with E-state index in [1.54, 1.807) is 38.2 Å². The molecule has 0 aliphatic heterocycles. The lowest BCUT2D eigenvalue weighted by atomic mass is 10.1. The quantitative estimate of drug-likeness (QED) is 0.0651. The lowest BCUT2D eigenvalue weighted by molar-refractivity contribution is 0.416. The third-order valence-corrected chi connectivity index (χ3v) is 11.1. The van der Waals surface area contributed by atoms with E-state index in [1.807, 2.05) is 0 Å². The second-order valence-electron chi connectivity index (χ2n) is 11.3. The van der Waals surface area contributed by atoms with E-state index in [0.29, 0.717) is 16.9 Å². The van der Waals surface area contributed by atoms with Crippen LogP contribution in [0.3, 0.4) is 0 Å². The number of anilines is 4. The minimum absolute atomic E-state index is 0.0657. The molecule has 1 heterocycles. The summed E-state index contributed by atoms with van der Waals surface area (Å²) in [5.41, 5.74) is 0.590. The van der Waals surface area contributed by atoms with E-state index >= 15 is 0 Å². The molecule has 5 N–H and O–H groups in total. The fraction of sp³-hybridized carbons (Fsp3) is 0.100. The molecular formula is C30H26ClN9O13S4. The zero-order valence-corrected chi connectivity index (χ0v) is 33.0. The van der Waals surface area contributed by atoms with Crippen LogP contribution in [-0.2, 0) is 40.5 Å². The highest BCUT2D eigenvalue weighted by molar-refractivity contribution is 7.87. The molecule has 0 saturated carbocycles. The van der Waals surface area contributed by atoms with E-state index < -0.39 is 71.4 Å². The molecule has 5 rings (SSSR count). The van der Waals surface area contributed by atoms with Crippen molar-refractivity contribution in [2.24, 2.45) is 20.5 Å². The van der Waals surface area contributed by atoms with Gasteiger partial charge in [0.15, 0.2) is 0 Å². The van der Waals surface area contributed by atoms with Gasteiger partial charge in [-0.15, -0.1) is 10.2 Å². The Morgan fingerprint density at radius 3 is 1.79 bits per heavy atom. The molecule has 0 fully saturated rings. The molecule has 300 valence electrons. The summed E-state index contributed by atoms with van der Waals surface area (Å²) in [7, 11) is -16.4. The van der Waals surface area contributed by atoms with Crippen molar-refractivity contribution in [1.29, 1.82) is 0 Å². The molecule has 0 amide bonds. The van der Waals surface area contributed by atoms with Gasteiger partial charge < -0.3 is 15.0 Å². The predicted molar refractivity (Wildman–Crippen MR) is 201 cm³/mol. The van der Waals surface area contributed by atoms with Crippen LogP contribution in [0, 0.1) is 6.92 Å². The smallest absolute Gasteiger partial charge is 0.296 e. The van der Waals surface area contributed by atoms with Crippen LogP contribution in [0.1, 0.15) is 5.56 Å². The van der Waals surface area contributed by atoms with Crippen LogP contribution in [-0.4, -0.2) is 81.0 Å². The number of nitrogens with one attached hydrogen (secondary N) is 1. The van der Waals surface area contributed by atoms with E-state index in [1.165, 1.54) is 24.1 Å². The summed E-state index contributed by atoms with van der Waals surface area (Å²) in [6.45, 7) is 1.61. The van der Waals surface area contributed by atoms with E-state index in [4.69, 9.17) is 16.3 Å². The number of methoxy groups -OCH3 is 1. The van der Waals surface area contributed by atoms with Gasteiger partial charge >= 0.3 is 0 Å². The van der Waals surface area contributed by atoms with Gasteiger partial charge in [-0.1, -0.05) is 0 Å². The highest BCUT2D eigenvalue weighted by atomic mass is 35.5. The maximum Gasteiger partial charge on any atom is 0.296 e. The predicted octanol–water partition coefficient (Wildman–Crippen LogP) is 6.17. The van der Waals surface area contributed by atoms with Crippen LogP contribution in [0.25, 0.3) is 0 Å². The number of aromatic nitrogens is 3. The van der Waals surface area contributed by atoms with Crippen molar-refractivity contribution in [1.82, 2.24) is 15.0 Å². The number of rotatable bonds is 13. The number of ether oxygens (including phenoxy) is 1. The monoisotopic (exact) mass is 883 g/mol. The molecule has 0 spiro atoms. The fourth-order valence-electron chi connectivity index (χ4n) is 4.70. The molecule has 0 aliphatic carbocycles. The Balaban J connectivity index is 1.37. The van der Waals surface area contributed by atoms with Crippen molar-refractivity contribution in [2.75, 3.05) is 24.4 Å². The molecule has 0 saturated heterocycles. The average molecular weight is 884 g/mol. The summed E-state index contributed by atoms with van der Waals surface area (Å²) >= 11 is 6.10. The molecule has 0 atom stereocenters. The molecule has 0 unspecified atom stereocenters. The van der Waals surface area contributed by atoms with Crippen LogP contribution in [0.5, 0.6) is 5.75 Å². The molecule has 5 aromatic rings. The number of aryl methyl sites for hydroxylation is 1. The second-order valence-corrected chi connectivity index (χ2v) is 17.3. The van der Waals surface area contributed by atoms with Gasteiger partial charge in [-0.25, -0.2) is 0 Å².